The number of carbonyl (C=O) groups is 1. The van der Waals surface area contributed by atoms with Crippen molar-refractivity contribution in [2.75, 3.05) is 13.2 Å². The number of hydrogen-bond acceptors (Lipinski definition) is 6. The number of nitrogens with one attached hydrogen (secondary N) is 1. The zero-order valence-electron chi connectivity index (χ0n) is 17.0. The minimum Gasteiger partial charge on any atom is -0.394 e. The predicted octanol–water partition coefficient (Wildman–Crippen LogP) is 2.88. The zero-order valence-corrected chi connectivity index (χ0v) is 17.0. The summed E-state index contributed by atoms with van der Waals surface area (Å²) in [5.41, 5.74) is -0.589. The number of amides is 1. The van der Waals surface area contributed by atoms with Crippen LogP contribution in [0.4, 0.5) is 13.2 Å². The van der Waals surface area contributed by atoms with E-state index in [2.05, 4.69) is 20.4 Å². The van der Waals surface area contributed by atoms with Gasteiger partial charge in [0.15, 0.2) is 5.69 Å². The molecule has 170 valence electrons. The second-order valence-electron chi connectivity index (χ2n) is 7.59. The Morgan fingerprint density at radius 1 is 1.16 bits per heavy atom. The smallest absolute Gasteiger partial charge is 0.394 e. The molecule has 1 aliphatic carbocycles. The number of para-hydroxylation sites is 1. The van der Waals surface area contributed by atoms with Crippen molar-refractivity contribution in [2.24, 2.45) is 0 Å². The molecule has 11 heteroatoms. The van der Waals surface area contributed by atoms with Crippen LogP contribution in [0.3, 0.4) is 0 Å². The molecule has 0 spiro atoms. The summed E-state index contributed by atoms with van der Waals surface area (Å²) < 4.78 is 46.5. The fourth-order valence-corrected chi connectivity index (χ4v) is 3.84. The number of halogens is 3. The maximum atomic E-state index is 13.3. The van der Waals surface area contributed by atoms with Gasteiger partial charge in [-0.25, -0.2) is 9.97 Å². The number of rotatable bonds is 6. The third-order valence-corrected chi connectivity index (χ3v) is 5.40. The number of fused-ring (bicyclic) bond motifs is 1. The average Bonchev–Trinajstić information content (AvgIpc) is 3.19. The lowest BCUT2D eigenvalue weighted by atomic mass is 9.93. The predicted molar refractivity (Wildman–Crippen MR) is 108 cm³/mol. The summed E-state index contributed by atoms with van der Waals surface area (Å²) in [5.74, 6) is -0.410. The maximum absolute atomic E-state index is 13.3. The van der Waals surface area contributed by atoms with Crippen LogP contribution < -0.4 is 5.32 Å². The Balaban J connectivity index is 1.46. The fourth-order valence-electron chi connectivity index (χ4n) is 3.84. The summed E-state index contributed by atoms with van der Waals surface area (Å²) in [7, 11) is 0. The second-order valence-corrected chi connectivity index (χ2v) is 7.59. The minimum atomic E-state index is -4.62. The van der Waals surface area contributed by atoms with Crippen LogP contribution >= 0.6 is 0 Å². The molecular weight excluding hydrogens is 427 g/mol. The highest BCUT2D eigenvalue weighted by Crippen LogP contribution is 2.34. The van der Waals surface area contributed by atoms with E-state index >= 15 is 0 Å². The first-order chi connectivity index (χ1) is 15.4. The van der Waals surface area contributed by atoms with E-state index in [0.29, 0.717) is 6.61 Å². The molecule has 32 heavy (non-hydrogen) atoms. The van der Waals surface area contributed by atoms with E-state index in [-0.39, 0.29) is 47.1 Å². The van der Waals surface area contributed by atoms with Gasteiger partial charge in [-0.2, -0.15) is 23.0 Å². The molecule has 2 N–H and O–H groups in total. The number of carbonyl (C=O) groups excluding carboxylic acids is 1. The van der Waals surface area contributed by atoms with Gasteiger partial charge < -0.3 is 15.2 Å². The van der Waals surface area contributed by atoms with Crippen molar-refractivity contribution in [3.05, 3.63) is 47.9 Å². The lowest BCUT2D eigenvalue weighted by Gasteiger charge is -2.29. The van der Waals surface area contributed by atoms with E-state index < -0.39 is 11.9 Å². The summed E-state index contributed by atoms with van der Waals surface area (Å²) in [6.45, 7) is 0.292. The SMILES string of the molecule is O=C(NC1CCC(OCCO)CC1)c1cnc(-n2nc(C(F)(F)F)c3ccccc32)nc1. The number of aliphatic hydroxyl groups is 1. The van der Waals surface area contributed by atoms with Gasteiger partial charge in [0, 0.05) is 23.8 Å². The van der Waals surface area contributed by atoms with Crippen LogP contribution in [-0.2, 0) is 10.9 Å². The van der Waals surface area contributed by atoms with E-state index in [1.807, 2.05) is 0 Å². The largest absolute Gasteiger partial charge is 0.435 e. The number of alkyl halides is 3. The molecule has 0 aliphatic heterocycles. The van der Waals surface area contributed by atoms with Crippen LogP contribution in [-0.4, -0.2) is 56.1 Å². The summed E-state index contributed by atoms with van der Waals surface area (Å²) in [6.07, 6.45) is 1.09. The van der Waals surface area contributed by atoms with Crippen LogP contribution in [0.15, 0.2) is 36.7 Å². The Bertz CT molecular complexity index is 1080. The highest BCUT2D eigenvalue weighted by atomic mass is 19.4. The van der Waals surface area contributed by atoms with Gasteiger partial charge in [0.2, 0.25) is 0 Å². The number of aromatic nitrogens is 4. The van der Waals surface area contributed by atoms with E-state index in [1.165, 1.54) is 30.6 Å². The molecule has 3 aromatic rings. The van der Waals surface area contributed by atoms with Gasteiger partial charge in [-0.1, -0.05) is 18.2 Å². The molecule has 1 aliphatic rings. The fraction of sp³-hybridized carbons (Fsp3) is 0.429. The van der Waals surface area contributed by atoms with Gasteiger partial charge in [0.25, 0.3) is 11.9 Å². The third-order valence-electron chi connectivity index (χ3n) is 5.40. The topological polar surface area (TPSA) is 102 Å². The first-order valence-corrected chi connectivity index (χ1v) is 10.3. The summed E-state index contributed by atoms with van der Waals surface area (Å²) in [6, 6.07) is 5.94. The van der Waals surface area contributed by atoms with Crippen LogP contribution in [0.5, 0.6) is 0 Å². The maximum Gasteiger partial charge on any atom is 0.435 e. The van der Waals surface area contributed by atoms with Gasteiger partial charge in [0.05, 0.1) is 30.4 Å². The van der Waals surface area contributed by atoms with E-state index in [9.17, 15) is 18.0 Å². The van der Waals surface area contributed by atoms with Crippen molar-refractivity contribution in [1.82, 2.24) is 25.1 Å². The normalized spacial score (nSPS) is 19.2. The second kappa shape index (κ2) is 9.21. The Morgan fingerprint density at radius 3 is 2.50 bits per heavy atom. The molecule has 1 aromatic carbocycles. The first kappa shape index (κ1) is 22.2. The van der Waals surface area contributed by atoms with Crippen molar-refractivity contribution in [3.63, 3.8) is 0 Å². The van der Waals surface area contributed by atoms with Gasteiger partial charge in [0.1, 0.15) is 0 Å². The highest BCUT2D eigenvalue weighted by molar-refractivity contribution is 5.93. The molecule has 4 rings (SSSR count). The first-order valence-electron chi connectivity index (χ1n) is 10.3. The van der Waals surface area contributed by atoms with Gasteiger partial charge in [-0.05, 0) is 31.7 Å². The van der Waals surface area contributed by atoms with E-state index in [1.54, 1.807) is 6.07 Å². The van der Waals surface area contributed by atoms with Crippen molar-refractivity contribution < 1.29 is 27.8 Å². The molecule has 1 amide bonds. The molecular formula is C21H22F3N5O3. The summed E-state index contributed by atoms with van der Waals surface area (Å²) in [4.78, 5) is 20.7. The minimum absolute atomic E-state index is 0.0134. The molecule has 1 fully saturated rings. The number of hydrogen-bond donors (Lipinski definition) is 2. The lowest BCUT2D eigenvalue weighted by Crippen LogP contribution is -2.39. The molecule has 2 heterocycles. The number of ether oxygens (including phenoxy) is 1. The number of aliphatic hydroxyl groups excluding tert-OH is 1. The molecule has 2 aromatic heterocycles. The van der Waals surface area contributed by atoms with Crippen molar-refractivity contribution in [1.29, 1.82) is 0 Å². The van der Waals surface area contributed by atoms with Crippen molar-refractivity contribution in [3.8, 4) is 5.95 Å². The molecule has 0 atom stereocenters. The average molecular weight is 449 g/mol. The van der Waals surface area contributed by atoms with Crippen LogP contribution in [0.25, 0.3) is 16.9 Å². The molecule has 0 unspecified atom stereocenters. The Kier molecular flexibility index (Phi) is 6.38. The Hall–Kier alpha value is -3.05. The summed E-state index contributed by atoms with van der Waals surface area (Å²) >= 11 is 0. The van der Waals surface area contributed by atoms with Crippen molar-refractivity contribution >= 4 is 16.8 Å². The highest BCUT2D eigenvalue weighted by Gasteiger charge is 2.37. The van der Waals surface area contributed by atoms with Crippen LogP contribution in [0, 0.1) is 0 Å². The Morgan fingerprint density at radius 2 is 1.84 bits per heavy atom. The molecule has 8 nitrogen and oxygen atoms in total. The third kappa shape index (κ3) is 4.73. The van der Waals surface area contributed by atoms with Gasteiger partial charge in [-0.3, -0.25) is 4.79 Å². The lowest BCUT2D eigenvalue weighted by molar-refractivity contribution is -0.140. The number of benzene rings is 1. The monoisotopic (exact) mass is 449 g/mol. The summed E-state index contributed by atoms with van der Waals surface area (Å²) in [5, 5.41) is 15.4. The molecule has 0 bridgehead atoms. The van der Waals surface area contributed by atoms with Gasteiger partial charge in [-0.15, -0.1) is 0 Å². The molecule has 0 radical (unpaired) electrons. The van der Waals surface area contributed by atoms with E-state index in [0.717, 1.165) is 30.4 Å². The quantitative estimate of drug-likeness (QED) is 0.600. The zero-order chi connectivity index (χ0) is 22.7. The molecule has 1 saturated carbocycles. The Labute approximate surface area is 181 Å². The van der Waals surface area contributed by atoms with Crippen LogP contribution in [0.2, 0.25) is 0 Å². The van der Waals surface area contributed by atoms with E-state index in [4.69, 9.17) is 9.84 Å². The number of nitrogens with zero attached hydrogens (tertiary/aromatic N) is 4. The van der Waals surface area contributed by atoms with Crippen molar-refractivity contribution in [2.45, 2.75) is 44.0 Å². The molecule has 0 saturated heterocycles. The van der Waals surface area contributed by atoms with Gasteiger partial charge >= 0.3 is 6.18 Å². The van der Waals surface area contributed by atoms with Crippen LogP contribution in [0.1, 0.15) is 41.7 Å². The standard InChI is InChI=1S/C21H22F3N5O3/c22-21(23,24)18-16-3-1-2-4-17(16)29(28-18)20-25-11-13(12-26-20)19(31)27-14-5-7-15(8-6-14)32-10-9-30/h1-4,11-12,14-15,30H,5-10H2,(H,27,31).